The number of nitrogens with zero attached hydrogens (tertiary/aromatic N) is 1. The highest BCUT2D eigenvalue weighted by atomic mass is 32.2. The van der Waals surface area contributed by atoms with Gasteiger partial charge >= 0.3 is 0 Å². The van der Waals surface area contributed by atoms with Crippen molar-refractivity contribution in [2.24, 2.45) is 0 Å². The van der Waals surface area contributed by atoms with Gasteiger partial charge in [0, 0.05) is 13.6 Å². The number of benzene rings is 1. The maximum atomic E-state index is 11.8. The van der Waals surface area contributed by atoms with E-state index in [0.717, 1.165) is 0 Å². The Bertz CT molecular complexity index is 532. The molecule has 0 aliphatic carbocycles. The molecule has 1 aliphatic rings. The highest BCUT2D eigenvalue weighted by molar-refractivity contribution is 7.87. The molecule has 1 aliphatic heterocycles. The molecule has 0 amide bonds. The Morgan fingerprint density at radius 2 is 2.05 bits per heavy atom. The molecule has 1 heterocycles. The minimum atomic E-state index is -3.44. The van der Waals surface area contributed by atoms with Crippen molar-refractivity contribution in [2.45, 2.75) is 13.0 Å². The molecule has 0 saturated heterocycles. The van der Waals surface area contributed by atoms with Gasteiger partial charge in [0.15, 0.2) is 11.5 Å². The lowest BCUT2D eigenvalue weighted by atomic mass is 10.2. The van der Waals surface area contributed by atoms with E-state index in [1.165, 1.54) is 11.4 Å². The number of likely N-dealkylation sites (N-methyl/N-ethyl adjacent to an activating group) is 1. The van der Waals surface area contributed by atoms with Crippen LogP contribution in [0.2, 0.25) is 0 Å². The molecule has 6 nitrogen and oxygen atoms in total. The number of ether oxygens (including phenoxy) is 2. The van der Waals surface area contributed by atoms with Crippen LogP contribution in [0.15, 0.2) is 24.3 Å². The Labute approximate surface area is 113 Å². The maximum absolute atomic E-state index is 11.8. The fraction of sp³-hybridized carbons (Fsp3) is 0.500. The molecule has 2 rings (SSSR count). The predicted molar refractivity (Wildman–Crippen MR) is 71.6 cm³/mol. The van der Waals surface area contributed by atoms with Crippen LogP contribution in [0.5, 0.6) is 11.5 Å². The first kappa shape index (κ1) is 14.1. The van der Waals surface area contributed by atoms with Crippen LogP contribution in [-0.2, 0) is 10.2 Å². The molecule has 1 N–H and O–H groups in total. The van der Waals surface area contributed by atoms with E-state index in [-0.39, 0.29) is 12.6 Å². The quantitative estimate of drug-likeness (QED) is 0.861. The average Bonchev–Trinajstić information content (AvgIpc) is 2.38. The van der Waals surface area contributed by atoms with Crippen LogP contribution in [0.1, 0.15) is 6.92 Å². The van der Waals surface area contributed by atoms with Gasteiger partial charge in [-0.25, -0.2) is 4.72 Å². The molecule has 0 saturated carbocycles. The molecule has 0 spiro atoms. The summed E-state index contributed by atoms with van der Waals surface area (Å²) in [6, 6.07) is 7.35. The van der Waals surface area contributed by atoms with Crippen LogP contribution in [0.3, 0.4) is 0 Å². The highest BCUT2D eigenvalue weighted by Gasteiger charge is 2.26. The maximum Gasteiger partial charge on any atom is 0.279 e. The molecule has 0 aromatic heterocycles. The largest absolute Gasteiger partial charge is 0.486 e. The third kappa shape index (κ3) is 3.37. The van der Waals surface area contributed by atoms with E-state index in [2.05, 4.69) is 4.72 Å². The first-order chi connectivity index (χ1) is 9.03. The molecule has 0 fully saturated rings. The lowest BCUT2D eigenvalue weighted by Crippen LogP contribution is -2.45. The Morgan fingerprint density at radius 1 is 1.37 bits per heavy atom. The SMILES string of the molecule is CCNS(=O)(=O)N(C)C[C@@H]1COc2ccccc2O1. The molecule has 0 bridgehead atoms. The Morgan fingerprint density at radius 3 is 2.74 bits per heavy atom. The van der Waals surface area contributed by atoms with Crippen molar-refractivity contribution in [1.29, 1.82) is 0 Å². The Hall–Kier alpha value is -1.31. The molecule has 19 heavy (non-hydrogen) atoms. The molecular weight excluding hydrogens is 268 g/mol. The van der Waals surface area contributed by atoms with Gasteiger partial charge in [0.05, 0.1) is 6.54 Å². The second-order valence-electron chi connectivity index (χ2n) is 4.28. The first-order valence-corrected chi connectivity index (χ1v) is 7.56. The van der Waals surface area contributed by atoms with Gasteiger partial charge in [-0.15, -0.1) is 0 Å². The second kappa shape index (κ2) is 5.77. The van der Waals surface area contributed by atoms with Crippen LogP contribution >= 0.6 is 0 Å². The van der Waals surface area contributed by atoms with Crippen LogP contribution in [0.4, 0.5) is 0 Å². The Kier molecular flexibility index (Phi) is 4.28. The summed E-state index contributed by atoms with van der Waals surface area (Å²) < 4.78 is 38.5. The molecule has 1 aromatic rings. The predicted octanol–water partition coefficient (Wildman–Crippen LogP) is 0.613. The smallest absolute Gasteiger partial charge is 0.279 e. The number of hydrogen-bond donors (Lipinski definition) is 1. The van der Waals surface area contributed by atoms with Gasteiger partial charge in [-0.2, -0.15) is 12.7 Å². The zero-order valence-corrected chi connectivity index (χ0v) is 11.8. The number of rotatable bonds is 5. The summed E-state index contributed by atoms with van der Waals surface area (Å²) in [5.41, 5.74) is 0. The molecule has 1 aromatic carbocycles. The van der Waals surface area contributed by atoms with E-state index >= 15 is 0 Å². The third-order valence-electron chi connectivity index (χ3n) is 2.77. The fourth-order valence-corrected chi connectivity index (χ4v) is 2.78. The zero-order valence-electron chi connectivity index (χ0n) is 11.0. The zero-order chi connectivity index (χ0) is 13.9. The van der Waals surface area contributed by atoms with Gasteiger partial charge < -0.3 is 9.47 Å². The monoisotopic (exact) mass is 286 g/mol. The van der Waals surface area contributed by atoms with Crippen molar-refractivity contribution < 1.29 is 17.9 Å². The summed E-state index contributed by atoms with van der Waals surface area (Å²) in [6.45, 7) is 2.67. The van der Waals surface area contributed by atoms with Crippen LogP contribution in [0, 0.1) is 0 Å². The van der Waals surface area contributed by atoms with E-state index in [4.69, 9.17) is 9.47 Å². The third-order valence-corrected chi connectivity index (χ3v) is 4.39. The summed E-state index contributed by atoms with van der Waals surface area (Å²) >= 11 is 0. The van der Waals surface area contributed by atoms with Crippen molar-refractivity contribution in [1.82, 2.24) is 9.03 Å². The van der Waals surface area contributed by atoms with Gasteiger partial charge in [0.1, 0.15) is 12.7 Å². The number of para-hydroxylation sites is 2. The van der Waals surface area contributed by atoms with Gasteiger partial charge in [-0.05, 0) is 12.1 Å². The molecule has 0 radical (unpaired) electrons. The minimum Gasteiger partial charge on any atom is -0.486 e. The summed E-state index contributed by atoms with van der Waals surface area (Å²) in [4.78, 5) is 0. The topological polar surface area (TPSA) is 67.9 Å². The van der Waals surface area contributed by atoms with E-state index in [0.29, 0.717) is 24.7 Å². The minimum absolute atomic E-state index is 0.240. The van der Waals surface area contributed by atoms with Gasteiger partial charge in [-0.1, -0.05) is 19.1 Å². The molecular formula is C12H18N2O4S. The second-order valence-corrected chi connectivity index (χ2v) is 6.14. The molecule has 1 atom stereocenters. The van der Waals surface area contributed by atoms with Crippen LogP contribution in [0.25, 0.3) is 0 Å². The summed E-state index contributed by atoms with van der Waals surface area (Å²) in [5.74, 6) is 1.34. The number of nitrogens with one attached hydrogen (secondary N) is 1. The normalized spacial score (nSPS) is 18.6. The van der Waals surface area contributed by atoms with Gasteiger partial charge in [-0.3, -0.25) is 0 Å². The molecule has 0 unspecified atom stereocenters. The van der Waals surface area contributed by atoms with E-state index in [9.17, 15) is 8.42 Å². The van der Waals surface area contributed by atoms with Gasteiger partial charge in [0.25, 0.3) is 10.2 Å². The van der Waals surface area contributed by atoms with Crippen LogP contribution in [-0.4, -0.2) is 45.6 Å². The summed E-state index contributed by atoms with van der Waals surface area (Å²) in [6.07, 6.45) is -0.312. The highest BCUT2D eigenvalue weighted by Crippen LogP contribution is 2.30. The molecule has 106 valence electrons. The van der Waals surface area contributed by atoms with Crippen molar-refractivity contribution >= 4 is 10.2 Å². The number of hydrogen-bond acceptors (Lipinski definition) is 4. The van der Waals surface area contributed by atoms with Gasteiger partial charge in [0.2, 0.25) is 0 Å². The fourth-order valence-electron chi connectivity index (χ4n) is 1.83. The summed E-state index contributed by atoms with van der Waals surface area (Å²) in [7, 11) is -1.92. The standard InChI is InChI=1S/C12H18N2O4S/c1-3-13-19(15,16)14(2)8-10-9-17-11-6-4-5-7-12(11)18-10/h4-7,10,13H,3,8-9H2,1-2H3/t10-/m1/s1. The molecule has 7 heteroatoms. The average molecular weight is 286 g/mol. The van der Waals surface area contributed by atoms with E-state index in [1.54, 1.807) is 13.0 Å². The Balaban J connectivity index is 1.99. The first-order valence-electron chi connectivity index (χ1n) is 6.12. The number of fused-ring (bicyclic) bond motifs is 1. The van der Waals surface area contributed by atoms with E-state index < -0.39 is 10.2 Å². The van der Waals surface area contributed by atoms with Crippen molar-refractivity contribution in [2.75, 3.05) is 26.7 Å². The van der Waals surface area contributed by atoms with Crippen LogP contribution < -0.4 is 14.2 Å². The lowest BCUT2D eigenvalue weighted by molar-refractivity contribution is 0.0797. The lowest BCUT2D eigenvalue weighted by Gasteiger charge is -2.29. The van der Waals surface area contributed by atoms with Crippen molar-refractivity contribution in [3.63, 3.8) is 0 Å². The summed E-state index contributed by atoms with van der Waals surface area (Å²) in [5, 5.41) is 0. The van der Waals surface area contributed by atoms with E-state index in [1.807, 2.05) is 18.2 Å². The van der Waals surface area contributed by atoms with Crippen molar-refractivity contribution in [3.8, 4) is 11.5 Å². The van der Waals surface area contributed by atoms with Crippen molar-refractivity contribution in [3.05, 3.63) is 24.3 Å².